The molecule has 1 atom stereocenters. The van der Waals surface area contributed by atoms with Gasteiger partial charge in [-0.05, 0) is 40.8 Å². The van der Waals surface area contributed by atoms with Crippen LogP contribution in [0.3, 0.4) is 0 Å². The van der Waals surface area contributed by atoms with Gasteiger partial charge in [0.15, 0.2) is 5.82 Å². The maximum atomic E-state index is 4.54. The third-order valence-electron chi connectivity index (χ3n) is 4.68. The summed E-state index contributed by atoms with van der Waals surface area (Å²) in [4.78, 5) is 11.4. The molecule has 0 saturated carbocycles. The number of nitrogens with zero attached hydrogens (tertiary/aromatic N) is 4. The number of benzene rings is 1. The summed E-state index contributed by atoms with van der Waals surface area (Å²) in [6, 6.07) is 8.53. The summed E-state index contributed by atoms with van der Waals surface area (Å²) in [5.74, 6) is 0.768. The van der Waals surface area contributed by atoms with E-state index in [9.17, 15) is 0 Å². The number of aromatic nitrogens is 4. The highest BCUT2D eigenvalue weighted by atomic mass is 15.2. The number of H-pyrrole nitrogens is 1. The molecule has 5 heteroatoms. The second-order valence-corrected chi connectivity index (χ2v) is 6.72. The molecule has 3 aromatic rings. The lowest BCUT2D eigenvalue weighted by molar-refractivity contribution is 0.251. The first-order chi connectivity index (χ1) is 12.0. The molecular formula is C20H25N5. The Labute approximate surface area is 149 Å². The van der Waals surface area contributed by atoms with Crippen LogP contribution in [0.25, 0.3) is 11.4 Å². The summed E-state index contributed by atoms with van der Waals surface area (Å²) in [6.45, 7) is 9.18. The van der Waals surface area contributed by atoms with Crippen molar-refractivity contribution in [2.24, 2.45) is 0 Å². The molecule has 0 aliphatic carbocycles. The molecule has 25 heavy (non-hydrogen) atoms. The molecule has 130 valence electrons. The van der Waals surface area contributed by atoms with Crippen molar-refractivity contribution in [2.45, 2.75) is 40.3 Å². The van der Waals surface area contributed by atoms with Crippen molar-refractivity contribution in [1.29, 1.82) is 0 Å². The molecule has 2 aromatic heterocycles. The van der Waals surface area contributed by atoms with Crippen LogP contribution in [-0.4, -0.2) is 32.1 Å². The second kappa shape index (κ2) is 7.15. The Hall–Kier alpha value is -2.53. The van der Waals surface area contributed by atoms with Crippen molar-refractivity contribution in [3.8, 4) is 11.4 Å². The fourth-order valence-electron chi connectivity index (χ4n) is 3.19. The molecule has 0 bridgehead atoms. The van der Waals surface area contributed by atoms with Gasteiger partial charge >= 0.3 is 0 Å². The normalized spacial score (nSPS) is 12.6. The summed E-state index contributed by atoms with van der Waals surface area (Å²) in [7, 11) is 2.12. The van der Waals surface area contributed by atoms with Crippen LogP contribution in [0.5, 0.6) is 0 Å². The van der Waals surface area contributed by atoms with Gasteiger partial charge in [-0.15, -0.1) is 0 Å². The summed E-state index contributed by atoms with van der Waals surface area (Å²) in [5, 5.41) is 7.37. The zero-order valence-electron chi connectivity index (χ0n) is 15.5. The van der Waals surface area contributed by atoms with E-state index in [1.54, 1.807) is 0 Å². The Morgan fingerprint density at radius 2 is 1.84 bits per heavy atom. The van der Waals surface area contributed by atoms with Crippen LogP contribution in [0.15, 0.2) is 36.7 Å². The minimum absolute atomic E-state index is 0.273. The van der Waals surface area contributed by atoms with E-state index in [-0.39, 0.29) is 6.04 Å². The highest BCUT2D eigenvalue weighted by Gasteiger charge is 2.18. The molecular weight excluding hydrogens is 310 g/mol. The largest absolute Gasteiger partial charge is 0.295 e. The van der Waals surface area contributed by atoms with Crippen LogP contribution >= 0.6 is 0 Å². The van der Waals surface area contributed by atoms with Gasteiger partial charge in [0, 0.05) is 47.4 Å². The summed E-state index contributed by atoms with van der Waals surface area (Å²) in [6.07, 6.45) is 3.84. The molecule has 0 aliphatic rings. The van der Waals surface area contributed by atoms with Crippen molar-refractivity contribution >= 4 is 0 Å². The van der Waals surface area contributed by atoms with Gasteiger partial charge in [-0.1, -0.05) is 23.8 Å². The van der Waals surface area contributed by atoms with E-state index in [1.165, 1.54) is 11.1 Å². The smallest absolute Gasteiger partial charge is 0.159 e. The van der Waals surface area contributed by atoms with Gasteiger partial charge in [-0.2, -0.15) is 5.10 Å². The number of hydrogen-bond donors (Lipinski definition) is 1. The Bertz CT molecular complexity index is 831. The molecule has 0 radical (unpaired) electrons. The first kappa shape index (κ1) is 17.3. The number of hydrogen-bond acceptors (Lipinski definition) is 4. The molecule has 0 amide bonds. The average molecular weight is 335 g/mol. The fraction of sp³-hybridized carbons (Fsp3) is 0.350. The summed E-state index contributed by atoms with van der Waals surface area (Å²) < 4.78 is 0. The predicted molar refractivity (Wildman–Crippen MR) is 100 cm³/mol. The van der Waals surface area contributed by atoms with Gasteiger partial charge in [0.25, 0.3) is 0 Å². The molecule has 3 rings (SSSR count). The van der Waals surface area contributed by atoms with Crippen LogP contribution in [0.2, 0.25) is 0 Å². The summed E-state index contributed by atoms with van der Waals surface area (Å²) in [5.41, 5.74) is 6.82. The van der Waals surface area contributed by atoms with E-state index >= 15 is 0 Å². The Kier molecular flexibility index (Phi) is 4.95. The number of rotatable bonds is 5. The molecule has 0 fully saturated rings. The minimum Gasteiger partial charge on any atom is -0.295 e. The third kappa shape index (κ3) is 3.77. The lowest BCUT2D eigenvalue weighted by atomic mass is 10.1. The molecule has 1 N–H and O–H groups in total. The lowest BCUT2D eigenvalue weighted by Crippen LogP contribution is -2.23. The predicted octanol–water partition coefficient (Wildman–Crippen LogP) is 3.98. The minimum atomic E-state index is 0.273. The van der Waals surface area contributed by atoms with E-state index in [2.05, 4.69) is 65.0 Å². The number of aromatic amines is 1. The van der Waals surface area contributed by atoms with Gasteiger partial charge in [0.1, 0.15) is 0 Å². The molecule has 0 spiro atoms. The van der Waals surface area contributed by atoms with Gasteiger partial charge in [-0.3, -0.25) is 10.00 Å². The quantitative estimate of drug-likeness (QED) is 0.766. The fourth-order valence-corrected chi connectivity index (χ4v) is 3.19. The van der Waals surface area contributed by atoms with Crippen molar-refractivity contribution < 1.29 is 0 Å². The van der Waals surface area contributed by atoms with Gasteiger partial charge in [0.05, 0.1) is 5.69 Å². The zero-order chi connectivity index (χ0) is 18.0. The topological polar surface area (TPSA) is 57.7 Å². The summed E-state index contributed by atoms with van der Waals surface area (Å²) >= 11 is 0. The lowest BCUT2D eigenvalue weighted by Gasteiger charge is -2.25. The van der Waals surface area contributed by atoms with E-state index < -0.39 is 0 Å². The zero-order valence-corrected chi connectivity index (χ0v) is 15.5. The second-order valence-electron chi connectivity index (χ2n) is 6.72. The monoisotopic (exact) mass is 335 g/mol. The molecule has 5 nitrogen and oxygen atoms in total. The Morgan fingerprint density at radius 3 is 2.44 bits per heavy atom. The third-order valence-corrected chi connectivity index (χ3v) is 4.68. The van der Waals surface area contributed by atoms with E-state index in [0.29, 0.717) is 0 Å². The molecule has 2 heterocycles. The molecule has 1 aromatic carbocycles. The highest BCUT2D eigenvalue weighted by molar-refractivity contribution is 5.55. The van der Waals surface area contributed by atoms with Gasteiger partial charge in [-0.25, -0.2) is 9.97 Å². The van der Waals surface area contributed by atoms with E-state index in [0.717, 1.165) is 34.9 Å². The SMILES string of the molecule is Cc1cccc(-c2ncc(CN(C)[C@@H](C)c3c(C)n[nH]c3C)cn2)c1. The van der Waals surface area contributed by atoms with Crippen molar-refractivity contribution in [3.63, 3.8) is 0 Å². The maximum absolute atomic E-state index is 4.54. The molecule has 0 aliphatic heterocycles. The highest BCUT2D eigenvalue weighted by Crippen LogP contribution is 2.25. The van der Waals surface area contributed by atoms with Crippen LogP contribution in [-0.2, 0) is 6.54 Å². The Balaban J connectivity index is 1.73. The van der Waals surface area contributed by atoms with Crippen LogP contribution in [0.1, 0.15) is 41.0 Å². The Morgan fingerprint density at radius 1 is 1.12 bits per heavy atom. The maximum Gasteiger partial charge on any atom is 0.159 e. The van der Waals surface area contributed by atoms with Gasteiger partial charge in [0.2, 0.25) is 0 Å². The molecule has 0 saturated heterocycles. The standard InChI is InChI=1S/C20H25N5/c1-13-7-6-8-18(9-13)20-21-10-17(11-22-20)12-25(5)16(4)19-14(2)23-24-15(19)3/h6-11,16H,12H2,1-5H3,(H,23,24)/t16-/m0/s1. The van der Waals surface area contributed by atoms with Crippen molar-refractivity contribution in [3.05, 3.63) is 64.7 Å². The first-order valence-electron chi connectivity index (χ1n) is 8.55. The number of nitrogens with one attached hydrogen (secondary N) is 1. The molecule has 0 unspecified atom stereocenters. The first-order valence-corrected chi connectivity index (χ1v) is 8.55. The average Bonchev–Trinajstić information content (AvgIpc) is 2.93. The van der Waals surface area contributed by atoms with Gasteiger partial charge < -0.3 is 0 Å². The van der Waals surface area contributed by atoms with Crippen LogP contribution in [0.4, 0.5) is 0 Å². The van der Waals surface area contributed by atoms with Crippen molar-refractivity contribution in [1.82, 2.24) is 25.1 Å². The number of aryl methyl sites for hydroxylation is 3. The van der Waals surface area contributed by atoms with Crippen molar-refractivity contribution in [2.75, 3.05) is 7.05 Å². The van der Waals surface area contributed by atoms with Crippen LogP contribution < -0.4 is 0 Å². The van der Waals surface area contributed by atoms with Crippen LogP contribution in [0, 0.1) is 20.8 Å². The van der Waals surface area contributed by atoms with E-state index in [4.69, 9.17) is 0 Å². The van der Waals surface area contributed by atoms with E-state index in [1.807, 2.05) is 31.5 Å².